The van der Waals surface area contributed by atoms with E-state index in [1.54, 1.807) is 19.2 Å². The molecule has 31 heavy (non-hydrogen) atoms. The maximum Gasteiger partial charge on any atom is 0.417 e. The molecule has 0 amide bonds. The van der Waals surface area contributed by atoms with Gasteiger partial charge in [-0.2, -0.15) is 18.2 Å². The second kappa shape index (κ2) is 7.33. The predicted octanol–water partition coefficient (Wildman–Crippen LogP) is 3.89. The molecule has 0 bridgehead atoms. The van der Waals surface area contributed by atoms with E-state index in [4.69, 9.17) is 4.52 Å². The first-order valence-electron chi connectivity index (χ1n) is 9.82. The number of aromatic nitrogens is 6. The van der Waals surface area contributed by atoms with Crippen LogP contribution in [0.4, 0.5) is 19.0 Å². The number of halogens is 3. The van der Waals surface area contributed by atoms with Gasteiger partial charge in [0, 0.05) is 31.4 Å². The van der Waals surface area contributed by atoms with Gasteiger partial charge in [-0.1, -0.05) is 5.16 Å². The monoisotopic (exact) mass is 429 g/mol. The van der Waals surface area contributed by atoms with E-state index in [-0.39, 0.29) is 5.92 Å². The van der Waals surface area contributed by atoms with E-state index >= 15 is 0 Å². The number of rotatable bonds is 3. The Kier molecular flexibility index (Phi) is 4.60. The standard InChI is InChI=1S/C20H18F3N7O/c1-12-25-19(31-28-12)15-5-2-8-24-18(15)29-9-3-4-13(10-29)17-27-26-16-7-6-14(11-30(16)17)20(21,22)23/h2,5-8,11,13H,3-4,9-10H2,1H3. The zero-order chi connectivity index (χ0) is 21.6. The fourth-order valence-electron chi connectivity index (χ4n) is 3.96. The van der Waals surface area contributed by atoms with Gasteiger partial charge in [0.1, 0.15) is 11.6 Å². The van der Waals surface area contributed by atoms with Gasteiger partial charge in [0.25, 0.3) is 5.89 Å². The largest absolute Gasteiger partial charge is 0.417 e. The van der Waals surface area contributed by atoms with Crippen LogP contribution in [0.2, 0.25) is 0 Å². The number of nitrogens with zero attached hydrogens (tertiary/aromatic N) is 7. The maximum absolute atomic E-state index is 13.2. The average Bonchev–Trinajstić information content (AvgIpc) is 3.39. The van der Waals surface area contributed by atoms with Crippen molar-refractivity contribution in [2.75, 3.05) is 18.0 Å². The number of piperidine rings is 1. The highest BCUT2D eigenvalue weighted by atomic mass is 19.4. The summed E-state index contributed by atoms with van der Waals surface area (Å²) in [6, 6.07) is 6.02. The third-order valence-electron chi connectivity index (χ3n) is 5.39. The smallest absolute Gasteiger partial charge is 0.355 e. The fourth-order valence-corrected chi connectivity index (χ4v) is 3.96. The van der Waals surface area contributed by atoms with Crippen LogP contribution in [-0.4, -0.2) is 42.8 Å². The van der Waals surface area contributed by atoms with E-state index in [9.17, 15) is 13.2 Å². The van der Waals surface area contributed by atoms with Crippen molar-refractivity contribution in [3.63, 3.8) is 0 Å². The summed E-state index contributed by atoms with van der Waals surface area (Å²) in [6.07, 6.45) is -0.0586. The van der Waals surface area contributed by atoms with Gasteiger partial charge in [-0.15, -0.1) is 10.2 Å². The van der Waals surface area contributed by atoms with Gasteiger partial charge < -0.3 is 9.42 Å². The Hall–Kier alpha value is -3.50. The Morgan fingerprint density at radius 3 is 2.81 bits per heavy atom. The summed E-state index contributed by atoms with van der Waals surface area (Å²) in [4.78, 5) is 10.9. The number of hydrogen-bond acceptors (Lipinski definition) is 7. The molecule has 0 aliphatic carbocycles. The van der Waals surface area contributed by atoms with Crippen LogP contribution in [0.5, 0.6) is 0 Å². The summed E-state index contributed by atoms with van der Waals surface area (Å²) in [5, 5.41) is 12.1. The Labute approximate surface area is 174 Å². The molecule has 0 N–H and O–H groups in total. The number of pyridine rings is 2. The summed E-state index contributed by atoms with van der Waals surface area (Å²) in [6.45, 7) is 3.03. The van der Waals surface area contributed by atoms with E-state index in [0.29, 0.717) is 41.1 Å². The average molecular weight is 429 g/mol. The lowest BCUT2D eigenvalue weighted by Crippen LogP contribution is -2.36. The Balaban J connectivity index is 1.49. The summed E-state index contributed by atoms with van der Waals surface area (Å²) in [7, 11) is 0. The van der Waals surface area contributed by atoms with E-state index in [1.165, 1.54) is 10.5 Å². The third-order valence-corrected chi connectivity index (χ3v) is 5.39. The molecule has 1 fully saturated rings. The fraction of sp³-hybridized carbons (Fsp3) is 0.350. The van der Waals surface area contributed by atoms with E-state index in [2.05, 4.69) is 30.2 Å². The predicted molar refractivity (Wildman–Crippen MR) is 104 cm³/mol. The van der Waals surface area contributed by atoms with Gasteiger partial charge in [0.2, 0.25) is 0 Å². The molecule has 1 saturated heterocycles. The molecule has 0 radical (unpaired) electrons. The Bertz CT molecular complexity index is 1230. The number of hydrogen-bond donors (Lipinski definition) is 0. The molecule has 0 saturated carbocycles. The lowest BCUT2D eigenvalue weighted by Gasteiger charge is -2.33. The van der Waals surface area contributed by atoms with E-state index in [1.807, 2.05) is 6.07 Å². The van der Waals surface area contributed by atoms with Crippen LogP contribution in [-0.2, 0) is 6.18 Å². The highest BCUT2D eigenvalue weighted by molar-refractivity contribution is 5.70. The quantitative estimate of drug-likeness (QED) is 0.488. The highest BCUT2D eigenvalue weighted by Gasteiger charge is 2.33. The van der Waals surface area contributed by atoms with Gasteiger partial charge in [0.05, 0.1) is 11.1 Å². The summed E-state index contributed by atoms with van der Waals surface area (Å²) in [5.41, 5.74) is 0.377. The second-order valence-corrected chi connectivity index (χ2v) is 7.51. The van der Waals surface area contributed by atoms with E-state index in [0.717, 1.165) is 31.6 Å². The highest BCUT2D eigenvalue weighted by Crippen LogP contribution is 2.34. The van der Waals surface area contributed by atoms with Crippen LogP contribution in [0.3, 0.4) is 0 Å². The molecule has 4 aromatic heterocycles. The maximum atomic E-state index is 13.2. The van der Waals surface area contributed by atoms with Crippen LogP contribution in [0.1, 0.15) is 36.0 Å². The molecule has 5 heterocycles. The topological polar surface area (TPSA) is 85.2 Å². The third kappa shape index (κ3) is 3.60. The molecule has 1 aliphatic rings. The molecular formula is C20H18F3N7O. The first kappa shape index (κ1) is 19.5. The first-order chi connectivity index (χ1) is 14.9. The molecule has 0 aromatic carbocycles. The van der Waals surface area contributed by atoms with Crippen molar-refractivity contribution in [1.29, 1.82) is 0 Å². The van der Waals surface area contributed by atoms with Crippen molar-refractivity contribution >= 4 is 11.5 Å². The number of fused-ring (bicyclic) bond motifs is 1. The number of anilines is 1. The van der Waals surface area contributed by atoms with E-state index < -0.39 is 11.7 Å². The normalized spacial score (nSPS) is 17.4. The minimum atomic E-state index is -4.43. The van der Waals surface area contributed by atoms with Crippen LogP contribution >= 0.6 is 0 Å². The van der Waals surface area contributed by atoms with Crippen LogP contribution in [0.15, 0.2) is 41.2 Å². The SMILES string of the molecule is Cc1noc(-c2cccnc2N2CCCC(c3nnc4ccc(C(F)(F)F)cn34)C2)n1. The zero-order valence-electron chi connectivity index (χ0n) is 16.5. The van der Waals surface area contributed by atoms with Crippen molar-refractivity contribution in [3.8, 4) is 11.5 Å². The molecule has 4 aromatic rings. The molecule has 1 atom stereocenters. The summed E-state index contributed by atoms with van der Waals surface area (Å²) < 4.78 is 46.4. The second-order valence-electron chi connectivity index (χ2n) is 7.51. The minimum Gasteiger partial charge on any atom is -0.355 e. The van der Waals surface area contributed by atoms with Gasteiger partial charge in [0.15, 0.2) is 11.5 Å². The Morgan fingerprint density at radius 2 is 2.03 bits per heavy atom. The minimum absolute atomic E-state index is 0.105. The van der Waals surface area contributed by atoms with Crippen LogP contribution in [0, 0.1) is 6.92 Å². The van der Waals surface area contributed by atoms with Gasteiger partial charge in [-0.25, -0.2) is 4.98 Å². The summed E-state index contributed by atoms with van der Waals surface area (Å²) in [5.74, 6) is 2.01. The summed E-state index contributed by atoms with van der Waals surface area (Å²) >= 11 is 0. The van der Waals surface area contributed by atoms with Crippen molar-refractivity contribution in [2.45, 2.75) is 31.9 Å². The molecule has 1 aliphatic heterocycles. The zero-order valence-corrected chi connectivity index (χ0v) is 16.5. The number of aryl methyl sites for hydroxylation is 1. The molecule has 8 nitrogen and oxygen atoms in total. The molecule has 5 rings (SSSR count). The lowest BCUT2D eigenvalue weighted by atomic mass is 9.96. The molecular weight excluding hydrogens is 411 g/mol. The van der Waals surface area contributed by atoms with Crippen LogP contribution in [0.25, 0.3) is 17.1 Å². The lowest BCUT2D eigenvalue weighted by molar-refractivity contribution is -0.137. The van der Waals surface area contributed by atoms with Crippen LogP contribution < -0.4 is 4.90 Å². The van der Waals surface area contributed by atoms with Gasteiger partial charge in [-0.3, -0.25) is 4.40 Å². The first-order valence-corrected chi connectivity index (χ1v) is 9.82. The van der Waals surface area contributed by atoms with Crippen molar-refractivity contribution in [3.05, 3.63) is 53.9 Å². The molecule has 1 unspecified atom stereocenters. The van der Waals surface area contributed by atoms with Crippen molar-refractivity contribution in [2.24, 2.45) is 0 Å². The molecule has 0 spiro atoms. The molecule has 160 valence electrons. The van der Waals surface area contributed by atoms with Crippen molar-refractivity contribution in [1.82, 2.24) is 29.7 Å². The van der Waals surface area contributed by atoms with Gasteiger partial charge in [-0.05, 0) is 44.0 Å². The Morgan fingerprint density at radius 1 is 1.16 bits per heavy atom. The van der Waals surface area contributed by atoms with Crippen molar-refractivity contribution < 1.29 is 17.7 Å². The number of alkyl halides is 3. The van der Waals surface area contributed by atoms with Gasteiger partial charge >= 0.3 is 6.18 Å². The molecule has 11 heteroatoms.